The average Bonchev–Trinajstić information content (AvgIpc) is 3.29. The maximum atomic E-state index is 12.4. The predicted octanol–water partition coefficient (Wildman–Crippen LogP) is 4.89. The third kappa shape index (κ3) is 5.92. The Balaban J connectivity index is 1.51. The monoisotopic (exact) mass is 501 g/mol. The van der Waals surface area contributed by atoms with Gasteiger partial charge in [0, 0.05) is 11.3 Å². The molecule has 3 N–H and O–H groups in total. The second-order valence-corrected chi connectivity index (χ2v) is 10.1. The Hall–Kier alpha value is -4.11. The van der Waals surface area contributed by atoms with E-state index in [-0.39, 0.29) is 28.6 Å². The lowest BCUT2D eigenvalue weighted by Gasteiger charge is -2.19. The first-order valence-corrected chi connectivity index (χ1v) is 12.3. The van der Waals surface area contributed by atoms with Gasteiger partial charge in [-0.15, -0.1) is 10.2 Å². The first kappa shape index (κ1) is 25.0. The summed E-state index contributed by atoms with van der Waals surface area (Å²) in [5.41, 5.74) is 6.09. The molecule has 0 saturated carbocycles. The van der Waals surface area contributed by atoms with E-state index in [9.17, 15) is 15.0 Å². The van der Waals surface area contributed by atoms with Gasteiger partial charge in [0.05, 0.1) is 12.0 Å². The minimum absolute atomic E-state index is 0.0468. The molecule has 0 aliphatic rings. The molecule has 0 bridgehead atoms. The normalized spacial score (nSPS) is 11.6. The zero-order chi connectivity index (χ0) is 25.7. The molecule has 0 spiro atoms. The molecule has 4 aromatic rings. The largest absolute Gasteiger partial charge is 0.504 e. The number of carbonyl (C=O) groups excluding carboxylic acids is 1. The minimum atomic E-state index is -0.321. The van der Waals surface area contributed by atoms with Crippen molar-refractivity contribution in [1.82, 2.24) is 20.2 Å². The van der Waals surface area contributed by atoms with E-state index < -0.39 is 0 Å². The third-order valence-corrected chi connectivity index (χ3v) is 6.32. The summed E-state index contributed by atoms with van der Waals surface area (Å²) in [6.45, 7) is 6.52. The van der Waals surface area contributed by atoms with Crippen LogP contribution in [0.1, 0.15) is 31.9 Å². The molecule has 0 atom stereocenters. The molecule has 0 fully saturated rings. The van der Waals surface area contributed by atoms with E-state index in [1.54, 1.807) is 6.07 Å². The van der Waals surface area contributed by atoms with Gasteiger partial charge in [0.1, 0.15) is 0 Å². The van der Waals surface area contributed by atoms with Gasteiger partial charge in [0.2, 0.25) is 0 Å². The van der Waals surface area contributed by atoms with Crippen molar-refractivity contribution in [2.24, 2.45) is 5.10 Å². The van der Waals surface area contributed by atoms with E-state index in [0.29, 0.717) is 16.5 Å². The van der Waals surface area contributed by atoms with Crippen molar-refractivity contribution >= 4 is 23.9 Å². The number of phenols is 2. The first-order chi connectivity index (χ1) is 17.2. The molecule has 1 aromatic heterocycles. The molecular formula is C27H27N5O3S. The molecule has 0 saturated heterocycles. The fourth-order valence-electron chi connectivity index (χ4n) is 3.44. The second-order valence-electron chi connectivity index (χ2n) is 9.13. The number of amides is 1. The number of phenolic OH excluding ortho intramolecular Hbond substituents is 2. The van der Waals surface area contributed by atoms with Gasteiger partial charge >= 0.3 is 0 Å². The molecular weight excluding hydrogens is 474 g/mol. The highest BCUT2D eigenvalue weighted by atomic mass is 32.2. The molecule has 8 nitrogen and oxygen atoms in total. The SMILES string of the molecule is CC(C)(C)c1ccc(-c2nnc(SCC(=O)N/N=C/c3ccc(O)c(O)c3)n2-c2ccccc2)cc1. The molecule has 36 heavy (non-hydrogen) atoms. The predicted molar refractivity (Wildman–Crippen MR) is 142 cm³/mol. The lowest BCUT2D eigenvalue weighted by molar-refractivity contribution is -0.118. The molecule has 0 unspecified atom stereocenters. The molecule has 0 aliphatic heterocycles. The van der Waals surface area contributed by atoms with Gasteiger partial charge in [-0.25, -0.2) is 5.43 Å². The summed E-state index contributed by atoms with van der Waals surface area (Å²) >= 11 is 1.25. The summed E-state index contributed by atoms with van der Waals surface area (Å²) in [5.74, 6) is -0.0382. The number of thioether (sulfide) groups is 1. The Morgan fingerprint density at radius 2 is 1.72 bits per heavy atom. The highest BCUT2D eigenvalue weighted by Gasteiger charge is 2.19. The fourth-order valence-corrected chi connectivity index (χ4v) is 4.19. The Morgan fingerprint density at radius 1 is 1.00 bits per heavy atom. The smallest absolute Gasteiger partial charge is 0.250 e. The van der Waals surface area contributed by atoms with E-state index >= 15 is 0 Å². The van der Waals surface area contributed by atoms with Crippen molar-refractivity contribution < 1.29 is 15.0 Å². The van der Waals surface area contributed by atoms with Gasteiger partial charge < -0.3 is 10.2 Å². The van der Waals surface area contributed by atoms with E-state index in [1.165, 1.54) is 35.7 Å². The van der Waals surface area contributed by atoms with Crippen LogP contribution in [0.15, 0.2) is 83.1 Å². The van der Waals surface area contributed by atoms with Crippen LogP contribution in [0, 0.1) is 0 Å². The zero-order valence-electron chi connectivity index (χ0n) is 20.2. The number of rotatable bonds is 7. The third-order valence-electron chi connectivity index (χ3n) is 5.39. The average molecular weight is 502 g/mol. The van der Waals surface area contributed by atoms with Crippen LogP contribution in [-0.4, -0.2) is 42.9 Å². The summed E-state index contributed by atoms with van der Waals surface area (Å²) in [4.78, 5) is 12.4. The first-order valence-electron chi connectivity index (χ1n) is 11.3. The number of aromatic nitrogens is 3. The molecule has 184 valence electrons. The Morgan fingerprint density at radius 3 is 2.39 bits per heavy atom. The Labute approximate surface area is 213 Å². The zero-order valence-corrected chi connectivity index (χ0v) is 21.0. The molecule has 3 aromatic carbocycles. The number of para-hydroxylation sites is 1. The quantitative estimate of drug-likeness (QED) is 0.144. The van der Waals surface area contributed by atoms with Gasteiger partial charge in [-0.2, -0.15) is 5.10 Å². The topological polar surface area (TPSA) is 113 Å². The summed E-state index contributed by atoms with van der Waals surface area (Å²) < 4.78 is 1.94. The lowest BCUT2D eigenvalue weighted by Crippen LogP contribution is -2.20. The molecule has 0 aliphatic carbocycles. The standard InChI is InChI=1S/C27H27N5O3S/c1-27(2,3)20-12-10-19(11-13-20)25-30-31-26(32(25)21-7-5-4-6-8-21)36-17-24(35)29-28-16-18-9-14-22(33)23(34)15-18/h4-16,33-34H,17H2,1-3H3,(H,29,35)/b28-16+. The molecule has 9 heteroatoms. The fraction of sp³-hybridized carbons (Fsp3) is 0.185. The van der Waals surface area contributed by atoms with E-state index in [0.717, 1.165) is 11.3 Å². The van der Waals surface area contributed by atoms with Crippen molar-refractivity contribution in [3.63, 3.8) is 0 Å². The van der Waals surface area contributed by atoms with Crippen molar-refractivity contribution in [3.05, 3.63) is 83.9 Å². The number of hydrazone groups is 1. The number of hydrogen-bond donors (Lipinski definition) is 3. The second kappa shape index (κ2) is 10.7. The van der Waals surface area contributed by atoms with Gasteiger partial charge in [-0.1, -0.05) is 75.0 Å². The summed E-state index contributed by atoms with van der Waals surface area (Å²) in [7, 11) is 0. The highest BCUT2D eigenvalue weighted by Crippen LogP contribution is 2.30. The van der Waals surface area contributed by atoms with Crippen LogP contribution in [0.4, 0.5) is 0 Å². The number of nitrogens with zero attached hydrogens (tertiary/aromatic N) is 4. The number of hydrogen-bond acceptors (Lipinski definition) is 7. The maximum Gasteiger partial charge on any atom is 0.250 e. The van der Waals surface area contributed by atoms with Crippen LogP contribution in [0.3, 0.4) is 0 Å². The van der Waals surface area contributed by atoms with E-state index in [1.807, 2.05) is 47.0 Å². The summed E-state index contributed by atoms with van der Waals surface area (Å²) in [5, 5.41) is 32.2. The van der Waals surface area contributed by atoms with Crippen LogP contribution >= 0.6 is 11.8 Å². The van der Waals surface area contributed by atoms with Gasteiger partial charge in [0.25, 0.3) is 5.91 Å². The number of nitrogens with one attached hydrogen (secondary N) is 1. The molecule has 1 heterocycles. The van der Waals surface area contributed by atoms with Gasteiger partial charge in [-0.3, -0.25) is 9.36 Å². The van der Waals surface area contributed by atoms with Crippen LogP contribution in [-0.2, 0) is 10.2 Å². The minimum Gasteiger partial charge on any atom is -0.504 e. The van der Waals surface area contributed by atoms with Crippen LogP contribution in [0.25, 0.3) is 17.1 Å². The maximum absolute atomic E-state index is 12.4. The summed E-state index contributed by atoms with van der Waals surface area (Å²) in [6, 6.07) is 22.3. The van der Waals surface area contributed by atoms with Crippen molar-refractivity contribution in [3.8, 4) is 28.6 Å². The van der Waals surface area contributed by atoms with Crippen LogP contribution < -0.4 is 5.43 Å². The van der Waals surface area contributed by atoms with Crippen molar-refractivity contribution in [1.29, 1.82) is 0 Å². The molecule has 1 amide bonds. The van der Waals surface area contributed by atoms with Crippen molar-refractivity contribution in [2.75, 3.05) is 5.75 Å². The number of carbonyl (C=O) groups is 1. The molecule has 0 radical (unpaired) electrons. The van der Waals surface area contributed by atoms with E-state index in [2.05, 4.69) is 53.6 Å². The number of aromatic hydroxyl groups is 2. The lowest BCUT2D eigenvalue weighted by atomic mass is 9.87. The van der Waals surface area contributed by atoms with Gasteiger partial charge in [0.15, 0.2) is 22.5 Å². The number of benzene rings is 3. The molecule has 4 rings (SSSR count). The highest BCUT2D eigenvalue weighted by molar-refractivity contribution is 7.99. The summed E-state index contributed by atoms with van der Waals surface area (Å²) in [6.07, 6.45) is 1.38. The van der Waals surface area contributed by atoms with Crippen molar-refractivity contribution in [2.45, 2.75) is 31.3 Å². The van der Waals surface area contributed by atoms with E-state index in [4.69, 9.17) is 0 Å². The van der Waals surface area contributed by atoms with Crippen LogP contribution in [0.2, 0.25) is 0 Å². The van der Waals surface area contributed by atoms with Gasteiger partial charge in [-0.05, 0) is 46.9 Å². The Kier molecular flexibility index (Phi) is 7.40. The Bertz CT molecular complexity index is 1380. The van der Waals surface area contributed by atoms with Crippen LogP contribution in [0.5, 0.6) is 11.5 Å².